The summed E-state index contributed by atoms with van der Waals surface area (Å²) in [6.07, 6.45) is 8.47. The Labute approximate surface area is 131 Å². The molecule has 0 aromatic rings. The van der Waals surface area contributed by atoms with Gasteiger partial charge in [0.1, 0.15) is 0 Å². The number of phosphoric ester groups is 1. The SMILES string of the molecule is CCCCC(CC)COP(=O)(O)OCCCCCC(C)C. The summed E-state index contributed by atoms with van der Waals surface area (Å²) in [5.41, 5.74) is 0. The molecule has 2 atom stereocenters. The van der Waals surface area contributed by atoms with Crippen LogP contribution in [0.2, 0.25) is 0 Å². The summed E-state index contributed by atoms with van der Waals surface area (Å²) < 4.78 is 21.9. The molecule has 0 fully saturated rings. The van der Waals surface area contributed by atoms with E-state index in [1.54, 1.807) is 0 Å². The van der Waals surface area contributed by atoms with Crippen LogP contribution >= 0.6 is 7.82 Å². The summed E-state index contributed by atoms with van der Waals surface area (Å²) in [4.78, 5) is 9.64. The average Bonchev–Trinajstić information content (AvgIpc) is 2.42. The quantitative estimate of drug-likeness (QED) is 0.336. The zero-order valence-electron chi connectivity index (χ0n) is 14.3. The number of hydrogen-bond acceptors (Lipinski definition) is 3. The van der Waals surface area contributed by atoms with E-state index in [2.05, 4.69) is 27.7 Å². The fourth-order valence-electron chi connectivity index (χ4n) is 2.15. The van der Waals surface area contributed by atoms with Gasteiger partial charge in [0.15, 0.2) is 0 Å². The third-order valence-electron chi connectivity index (χ3n) is 3.70. The minimum absolute atomic E-state index is 0.303. The van der Waals surface area contributed by atoms with Gasteiger partial charge in [0.2, 0.25) is 0 Å². The Balaban J connectivity index is 3.74. The second-order valence-corrected chi connectivity index (χ2v) is 7.71. The van der Waals surface area contributed by atoms with Crippen LogP contribution in [-0.2, 0) is 13.6 Å². The molecule has 1 N–H and O–H groups in total. The molecule has 0 radical (unpaired) electrons. The molecule has 4 nitrogen and oxygen atoms in total. The maximum Gasteiger partial charge on any atom is 0.472 e. The number of phosphoric acid groups is 1. The van der Waals surface area contributed by atoms with Crippen LogP contribution in [0.1, 0.15) is 79.1 Å². The maximum absolute atomic E-state index is 11.8. The van der Waals surface area contributed by atoms with Gasteiger partial charge in [-0.05, 0) is 24.7 Å². The van der Waals surface area contributed by atoms with Gasteiger partial charge in [0.05, 0.1) is 13.2 Å². The Kier molecular flexibility index (Phi) is 12.7. The first-order valence-electron chi connectivity index (χ1n) is 8.53. The monoisotopic (exact) mass is 322 g/mol. The van der Waals surface area contributed by atoms with Crippen molar-refractivity contribution >= 4 is 7.82 Å². The van der Waals surface area contributed by atoms with Crippen molar-refractivity contribution in [3.63, 3.8) is 0 Å². The Morgan fingerprint density at radius 1 is 1.00 bits per heavy atom. The van der Waals surface area contributed by atoms with Crippen LogP contribution in [-0.4, -0.2) is 18.1 Å². The molecule has 0 aromatic heterocycles. The molecular formula is C16H35O4P. The van der Waals surface area contributed by atoms with Gasteiger partial charge in [0.25, 0.3) is 0 Å². The Morgan fingerprint density at radius 3 is 2.29 bits per heavy atom. The normalized spacial score (nSPS) is 16.1. The van der Waals surface area contributed by atoms with Gasteiger partial charge >= 0.3 is 7.82 Å². The van der Waals surface area contributed by atoms with E-state index in [4.69, 9.17) is 9.05 Å². The van der Waals surface area contributed by atoms with E-state index in [1.807, 2.05) is 0 Å². The highest BCUT2D eigenvalue weighted by molar-refractivity contribution is 7.47. The molecule has 0 bridgehead atoms. The third-order valence-corrected chi connectivity index (χ3v) is 4.68. The van der Waals surface area contributed by atoms with Crippen molar-refractivity contribution in [1.82, 2.24) is 0 Å². The zero-order chi connectivity index (χ0) is 16.1. The standard InChI is InChI=1S/C16H35O4P/c1-5-7-12-16(6-2)14-20-21(17,18)19-13-10-8-9-11-15(3)4/h15-16H,5-14H2,1-4H3,(H,17,18). The van der Waals surface area contributed by atoms with Crippen LogP contribution < -0.4 is 0 Å². The summed E-state index contributed by atoms with van der Waals surface area (Å²) in [5.74, 6) is 1.06. The van der Waals surface area contributed by atoms with Gasteiger partial charge in [-0.2, -0.15) is 0 Å². The van der Waals surface area contributed by atoms with Crippen molar-refractivity contribution in [2.45, 2.75) is 79.1 Å². The van der Waals surface area contributed by atoms with Gasteiger partial charge in [-0.1, -0.05) is 66.2 Å². The minimum atomic E-state index is -3.86. The van der Waals surface area contributed by atoms with Crippen LogP contribution in [0.4, 0.5) is 0 Å². The van der Waals surface area contributed by atoms with Crippen LogP contribution in [0.15, 0.2) is 0 Å². The van der Waals surface area contributed by atoms with Crippen LogP contribution in [0.5, 0.6) is 0 Å². The molecule has 2 unspecified atom stereocenters. The van der Waals surface area contributed by atoms with E-state index in [1.165, 1.54) is 6.42 Å². The van der Waals surface area contributed by atoms with Crippen LogP contribution in [0.3, 0.4) is 0 Å². The summed E-state index contributed by atoms with van der Waals surface area (Å²) >= 11 is 0. The van der Waals surface area contributed by atoms with Gasteiger partial charge < -0.3 is 4.89 Å². The predicted molar refractivity (Wildman–Crippen MR) is 88.3 cm³/mol. The topological polar surface area (TPSA) is 55.8 Å². The van der Waals surface area contributed by atoms with Crippen molar-refractivity contribution in [2.75, 3.05) is 13.2 Å². The lowest BCUT2D eigenvalue weighted by atomic mass is 10.0. The average molecular weight is 322 g/mol. The van der Waals surface area contributed by atoms with E-state index in [0.717, 1.165) is 44.9 Å². The lowest BCUT2D eigenvalue weighted by molar-refractivity contribution is 0.125. The molecule has 0 aromatic carbocycles. The second-order valence-electron chi connectivity index (χ2n) is 6.26. The van der Waals surface area contributed by atoms with Crippen molar-refractivity contribution in [2.24, 2.45) is 11.8 Å². The first kappa shape index (κ1) is 21.1. The molecule has 128 valence electrons. The van der Waals surface area contributed by atoms with E-state index in [0.29, 0.717) is 25.0 Å². The molecule has 0 spiro atoms. The fourth-order valence-corrected chi connectivity index (χ4v) is 2.98. The van der Waals surface area contributed by atoms with Crippen LogP contribution in [0, 0.1) is 11.8 Å². The highest BCUT2D eigenvalue weighted by atomic mass is 31.2. The molecule has 0 amide bonds. The second kappa shape index (κ2) is 12.6. The molecule has 5 heteroatoms. The van der Waals surface area contributed by atoms with Crippen molar-refractivity contribution in [1.29, 1.82) is 0 Å². The van der Waals surface area contributed by atoms with Crippen molar-refractivity contribution in [3.05, 3.63) is 0 Å². The highest BCUT2D eigenvalue weighted by Gasteiger charge is 2.22. The van der Waals surface area contributed by atoms with Gasteiger partial charge in [-0.15, -0.1) is 0 Å². The van der Waals surface area contributed by atoms with E-state index < -0.39 is 7.82 Å². The molecule has 0 aliphatic rings. The summed E-state index contributed by atoms with van der Waals surface area (Å²) in [7, 11) is -3.86. The molecule has 0 saturated carbocycles. The highest BCUT2D eigenvalue weighted by Crippen LogP contribution is 2.44. The summed E-state index contributed by atoms with van der Waals surface area (Å²) in [6, 6.07) is 0. The Morgan fingerprint density at radius 2 is 1.71 bits per heavy atom. The molecule has 0 aliphatic heterocycles. The lowest BCUT2D eigenvalue weighted by Crippen LogP contribution is -2.09. The molecule has 0 aliphatic carbocycles. The first-order chi connectivity index (χ1) is 9.91. The number of rotatable bonds is 14. The van der Waals surface area contributed by atoms with Crippen LogP contribution in [0.25, 0.3) is 0 Å². The summed E-state index contributed by atoms with van der Waals surface area (Å²) in [6.45, 7) is 9.26. The summed E-state index contributed by atoms with van der Waals surface area (Å²) in [5, 5.41) is 0. The first-order valence-corrected chi connectivity index (χ1v) is 10.0. The van der Waals surface area contributed by atoms with Gasteiger partial charge in [0, 0.05) is 0 Å². The number of hydrogen-bond donors (Lipinski definition) is 1. The smallest absolute Gasteiger partial charge is 0.302 e. The lowest BCUT2D eigenvalue weighted by Gasteiger charge is -2.17. The van der Waals surface area contributed by atoms with E-state index >= 15 is 0 Å². The Bertz CT molecular complexity index is 281. The molecule has 0 saturated heterocycles. The maximum atomic E-state index is 11.8. The predicted octanol–water partition coefficient (Wildman–Crippen LogP) is 5.55. The third kappa shape index (κ3) is 13.5. The largest absolute Gasteiger partial charge is 0.472 e. The Hall–Kier alpha value is 0.110. The van der Waals surface area contributed by atoms with Gasteiger partial charge in [-0.25, -0.2) is 4.57 Å². The molecular weight excluding hydrogens is 287 g/mol. The van der Waals surface area contributed by atoms with Crippen molar-refractivity contribution < 1.29 is 18.5 Å². The molecule has 21 heavy (non-hydrogen) atoms. The minimum Gasteiger partial charge on any atom is -0.302 e. The van der Waals surface area contributed by atoms with E-state index in [-0.39, 0.29) is 0 Å². The zero-order valence-corrected chi connectivity index (χ0v) is 15.2. The fraction of sp³-hybridized carbons (Fsp3) is 1.00. The van der Waals surface area contributed by atoms with Gasteiger partial charge in [-0.3, -0.25) is 9.05 Å². The molecule has 0 heterocycles. The number of unbranched alkanes of at least 4 members (excludes halogenated alkanes) is 3. The van der Waals surface area contributed by atoms with Crippen molar-refractivity contribution in [3.8, 4) is 0 Å². The van der Waals surface area contributed by atoms with E-state index in [9.17, 15) is 9.46 Å². The molecule has 0 rings (SSSR count).